The largest absolute Gasteiger partial charge is 0.482 e. The summed E-state index contributed by atoms with van der Waals surface area (Å²) in [6.07, 6.45) is 0.726. The van der Waals surface area contributed by atoms with Gasteiger partial charge in [0.25, 0.3) is 11.8 Å². The van der Waals surface area contributed by atoms with Crippen molar-refractivity contribution in [1.29, 1.82) is 0 Å². The number of hydrogen-bond donors (Lipinski definition) is 0. The summed E-state index contributed by atoms with van der Waals surface area (Å²) in [6.45, 7) is 1.82. The third-order valence-electron chi connectivity index (χ3n) is 3.88. The first-order valence-corrected chi connectivity index (χ1v) is 10.5. The number of esters is 1. The molecule has 30 heavy (non-hydrogen) atoms. The highest BCUT2D eigenvalue weighted by Gasteiger charge is 2.19. The molecule has 0 saturated heterocycles. The van der Waals surface area contributed by atoms with E-state index in [4.69, 9.17) is 25.5 Å². The standard InChI is InChI=1S/C20H20ClN3O5S/c1-2-8-24(11-17-22-23-20(29-17)16-7-4-9-30-16)18(25)12-28-19(26)13-27-15-6-3-5-14(21)10-15/h3-7,9-10H,2,8,11-13H2,1H3. The Morgan fingerprint density at radius 1 is 1.20 bits per heavy atom. The Morgan fingerprint density at radius 3 is 2.80 bits per heavy atom. The molecule has 0 saturated carbocycles. The van der Waals surface area contributed by atoms with Gasteiger partial charge in [0.15, 0.2) is 13.2 Å². The van der Waals surface area contributed by atoms with Gasteiger partial charge in [0.2, 0.25) is 5.89 Å². The molecule has 0 radical (unpaired) electrons. The van der Waals surface area contributed by atoms with E-state index in [1.54, 1.807) is 24.3 Å². The topological polar surface area (TPSA) is 94.8 Å². The summed E-state index contributed by atoms with van der Waals surface area (Å²) in [5.41, 5.74) is 0. The van der Waals surface area contributed by atoms with Crippen LogP contribution in [0.5, 0.6) is 5.75 Å². The van der Waals surface area contributed by atoms with Gasteiger partial charge < -0.3 is 18.8 Å². The van der Waals surface area contributed by atoms with Crippen molar-refractivity contribution >= 4 is 34.8 Å². The molecule has 0 aliphatic carbocycles. The molecule has 2 heterocycles. The number of ether oxygens (including phenoxy) is 2. The number of carbonyl (C=O) groups excluding carboxylic acids is 2. The lowest BCUT2D eigenvalue weighted by atomic mass is 10.3. The summed E-state index contributed by atoms with van der Waals surface area (Å²) in [5, 5.41) is 10.4. The zero-order valence-electron chi connectivity index (χ0n) is 16.2. The van der Waals surface area contributed by atoms with Crippen LogP contribution in [0.15, 0.2) is 46.2 Å². The van der Waals surface area contributed by atoms with E-state index in [-0.39, 0.29) is 19.1 Å². The van der Waals surface area contributed by atoms with Crippen LogP contribution in [-0.4, -0.2) is 46.7 Å². The molecule has 0 fully saturated rings. The van der Waals surface area contributed by atoms with Gasteiger partial charge in [0, 0.05) is 11.6 Å². The lowest BCUT2D eigenvalue weighted by molar-refractivity contribution is -0.154. The number of benzene rings is 1. The molecule has 0 spiro atoms. The van der Waals surface area contributed by atoms with Crippen LogP contribution in [0, 0.1) is 0 Å². The predicted molar refractivity (Wildman–Crippen MR) is 111 cm³/mol. The summed E-state index contributed by atoms with van der Waals surface area (Å²) in [7, 11) is 0. The zero-order chi connectivity index (χ0) is 21.3. The Bertz CT molecular complexity index is 976. The molecule has 10 heteroatoms. The van der Waals surface area contributed by atoms with Crippen LogP contribution in [0.2, 0.25) is 5.02 Å². The van der Waals surface area contributed by atoms with Crippen LogP contribution in [0.4, 0.5) is 0 Å². The molecule has 1 aromatic carbocycles. The quantitative estimate of drug-likeness (QED) is 0.434. The summed E-state index contributed by atoms with van der Waals surface area (Å²) in [4.78, 5) is 26.8. The third kappa shape index (κ3) is 6.30. The maximum Gasteiger partial charge on any atom is 0.344 e. The molecule has 0 N–H and O–H groups in total. The van der Waals surface area contributed by atoms with Crippen LogP contribution in [0.25, 0.3) is 10.8 Å². The SMILES string of the molecule is CCCN(Cc1nnc(-c2cccs2)o1)C(=O)COC(=O)COc1cccc(Cl)c1. The van der Waals surface area contributed by atoms with Crippen molar-refractivity contribution in [3.63, 3.8) is 0 Å². The van der Waals surface area contributed by atoms with Crippen molar-refractivity contribution in [2.45, 2.75) is 19.9 Å². The Balaban J connectivity index is 1.49. The van der Waals surface area contributed by atoms with E-state index in [1.807, 2.05) is 24.4 Å². The van der Waals surface area contributed by atoms with Crippen LogP contribution in [-0.2, 0) is 20.9 Å². The van der Waals surface area contributed by atoms with Gasteiger partial charge in [0.1, 0.15) is 5.75 Å². The summed E-state index contributed by atoms with van der Waals surface area (Å²) in [6, 6.07) is 10.4. The predicted octanol–water partition coefficient (Wildman–Crippen LogP) is 3.81. The molecule has 1 amide bonds. The first-order chi connectivity index (χ1) is 14.5. The van der Waals surface area contributed by atoms with Crippen molar-refractivity contribution in [3.05, 3.63) is 52.7 Å². The van der Waals surface area contributed by atoms with Gasteiger partial charge >= 0.3 is 5.97 Å². The van der Waals surface area contributed by atoms with E-state index in [0.717, 1.165) is 11.3 Å². The number of thiophene rings is 1. The Kier molecular flexibility index (Phi) is 7.81. The average molecular weight is 450 g/mol. The second-order valence-corrected chi connectivity index (χ2v) is 7.58. The second-order valence-electron chi connectivity index (χ2n) is 6.20. The van der Waals surface area contributed by atoms with Crippen molar-refractivity contribution in [2.75, 3.05) is 19.8 Å². The Labute approximate surface area is 182 Å². The highest BCUT2D eigenvalue weighted by molar-refractivity contribution is 7.13. The number of rotatable bonds is 10. The number of carbonyl (C=O) groups is 2. The first-order valence-electron chi connectivity index (χ1n) is 9.23. The molecule has 2 aromatic heterocycles. The van der Waals surface area contributed by atoms with E-state index >= 15 is 0 Å². The van der Waals surface area contributed by atoms with Crippen LogP contribution in [0.1, 0.15) is 19.2 Å². The van der Waals surface area contributed by atoms with E-state index in [2.05, 4.69) is 10.2 Å². The molecule has 158 valence electrons. The molecule has 3 aromatic rings. The fourth-order valence-corrected chi connectivity index (χ4v) is 3.34. The molecular formula is C20H20ClN3O5S. The number of hydrogen-bond acceptors (Lipinski definition) is 8. The summed E-state index contributed by atoms with van der Waals surface area (Å²) >= 11 is 7.35. The van der Waals surface area contributed by atoms with Gasteiger partial charge in [-0.15, -0.1) is 21.5 Å². The molecule has 3 rings (SSSR count). The molecular weight excluding hydrogens is 430 g/mol. The number of aromatic nitrogens is 2. The number of halogens is 1. The van der Waals surface area contributed by atoms with E-state index in [1.165, 1.54) is 16.2 Å². The second kappa shape index (κ2) is 10.7. The smallest absolute Gasteiger partial charge is 0.344 e. The first kappa shape index (κ1) is 21.8. The minimum absolute atomic E-state index is 0.140. The van der Waals surface area contributed by atoms with Gasteiger partial charge in [-0.1, -0.05) is 30.7 Å². The number of amides is 1. The fourth-order valence-electron chi connectivity index (χ4n) is 2.52. The summed E-state index contributed by atoms with van der Waals surface area (Å²) < 4.78 is 16.0. The van der Waals surface area contributed by atoms with Crippen LogP contribution in [0.3, 0.4) is 0 Å². The highest BCUT2D eigenvalue weighted by Crippen LogP contribution is 2.23. The lowest BCUT2D eigenvalue weighted by Crippen LogP contribution is -2.35. The lowest BCUT2D eigenvalue weighted by Gasteiger charge is -2.20. The molecule has 0 aliphatic heterocycles. The van der Waals surface area contributed by atoms with E-state index in [9.17, 15) is 9.59 Å². The van der Waals surface area contributed by atoms with Gasteiger partial charge in [-0.2, -0.15) is 0 Å². The minimum Gasteiger partial charge on any atom is -0.482 e. The van der Waals surface area contributed by atoms with Crippen molar-refractivity contribution in [2.24, 2.45) is 0 Å². The zero-order valence-corrected chi connectivity index (χ0v) is 17.8. The maximum absolute atomic E-state index is 12.5. The third-order valence-corrected chi connectivity index (χ3v) is 4.97. The number of nitrogens with zero attached hydrogens (tertiary/aromatic N) is 3. The molecule has 0 atom stereocenters. The monoisotopic (exact) mass is 449 g/mol. The fraction of sp³-hybridized carbons (Fsp3) is 0.300. The average Bonchev–Trinajstić information content (AvgIpc) is 3.42. The Morgan fingerprint density at radius 2 is 2.07 bits per heavy atom. The van der Waals surface area contributed by atoms with Gasteiger partial charge in [-0.25, -0.2) is 4.79 Å². The molecule has 8 nitrogen and oxygen atoms in total. The van der Waals surface area contributed by atoms with Crippen LogP contribution >= 0.6 is 22.9 Å². The van der Waals surface area contributed by atoms with Crippen molar-refractivity contribution in [1.82, 2.24) is 15.1 Å². The van der Waals surface area contributed by atoms with E-state index < -0.39 is 12.6 Å². The molecule has 0 bridgehead atoms. The van der Waals surface area contributed by atoms with Crippen LogP contribution < -0.4 is 4.74 Å². The van der Waals surface area contributed by atoms with Crippen molar-refractivity contribution < 1.29 is 23.5 Å². The Hall–Kier alpha value is -2.91. The van der Waals surface area contributed by atoms with Gasteiger partial charge in [0.05, 0.1) is 11.4 Å². The minimum atomic E-state index is -0.655. The van der Waals surface area contributed by atoms with Crippen molar-refractivity contribution in [3.8, 4) is 16.5 Å². The summed E-state index contributed by atoms with van der Waals surface area (Å²) in [5.74, 6) is 0.155. The van der Waals surface area contributed by atoms with E-state index in [0.29, 0.717) is 29.1 Å². The molecule has 0 aliphatic rings. The highest BCUT2D eigenvalue weighted by atomic mass is 35.5. The molecule has 0 unspecified atom stereocenters. The normalized spacial score (nSPS) is 10.6. The van der Waals surface area contributed by atoms with Gasteiger partial charge in [-0.05, 0) is 36.1 Å². The van der Waals surface area contributed by atoms with Gasteiger partial charge in [-0.3, -0.25) is 4.79 Å². The maximum atomic E-state index is 12.5.